The third-order valence-electron chi connectivity index (χ3n) is 4.27. The largest absolute Gasteiger partial charge is 0.497 e. The van der Waals surface area contributed by atoms with Crippen LogP contribution >= 0.6 is 0 Å². The average molecular weight is 307 g/mol. The van der Waals surface area contributed by atoms with Gasteiger partial charge in [-0.25, -0.2) is 9.59 Å². The maximum absolute atomic E-state index is 9.10. The second kappa shape index (κ2) is 7.26. The number of carboxylic acids is 2. The minimum absolute atomic E-state index is 0.734. The standard InChI is InChI=1S/C14H19NO.C2H2O4/c1-16-13-6-2-4-11(8-13)14-10-15-7-3-5-12(14)9-15;3-1(4)2(5)6/h2,4,6,8,12,14H,3,5,7,9-10H2,1H3;(H,3,4)(H,5,6). The molecule has 0 aromatic heterocycles. The molecule has 6 nitrogen and oxygen atoms in total. The molecular weight excluding hydrogens is 286 g/mol. The fourth-order valence-electron chi connectivity index (χ4n) is 3.26. The Labute approximate surface area is 129 Å². The lowest BCUT2D eigenvalue weighted by molar-refractivity contribution is -0.159. The van der Waals surface area contributed by atoms with Crippen LogP contribution in [0.15, 0.2) is 24.3 Å². The number of methoxy groups -OCH3 is 1. The highest BCUT2D eigenvalue weighted by Crippen LogP contribution is 2.39. The van der Waals surface area contributed by atoms with E-state index < -0.39 is 11.9 Å². The third kappa shape index (κ3) is 3.98. The Bertz CT molecular complexity index is 533. The zero-order valence-corrected chi connectivity index (χ0v) is 12.6. The van der Waals surface area contributed by atoms with Gasteiger partial charge in [0.25, 0.3) is 0 Å². The lowest BCUT2D eigenvalue weighted by Gasteiger charge is -2.22. The van der Waals surface area contributed by atoms with Crippen molar-refractivity contribution in [2.24, 2.45) is 5.92 Å². The number of rotatable bonds is 2. The van der Waals surface area contributed by atoms with E-state index in [-0.39, 0.29) is 0 Å². The smallest absolute Gasteiger partial charge is 0.414 e. The van der Waals surface area contributed by atoms with Crippen LogP contribution in [0.3, 0.4) is 0 Å². The number of hydrogen-bond acceptors (Lipinski definition) is 4. The number of hydrogen-bond donors (Lipinski definition) is 2. The Balaban J connectivity index is 0.000000254. The van der Waals surface area contributed by atoms with Crippen LogP contribution in [0.1, 0.15) is 24.3 Å². The van der Waals surface area contributed by atoms with E-state index in [0.717, 1.165) is 17.6 Å². The van der Waals surface area contributed by atoms with Crippen molar-refractivity contribution in [1.82, 2.24) is 4.90 Å². The van der Waals surface area contributed by atoms with E-state index >= 15 is 0 Å². The molecule has 0 saturated carbocycles. The predicted octanol–water partition coefficient (Wildman–Crippen LogP) is 1.66. The molecule has 2 saturated heterocycles. The summed E-state index contributed by atoms with van der Waals surface area (Å²) < 4.78 is 5.31. The summed E-state index contributed by atoms with van der Waals surface area (Å²) in [6, 6.07) is 8.62. The van der Waals surface area contributed by atoms with Gasteiger partial charge < -0.3 is 19.8 Å². The van der Waals surface area contributed by atoms with E-state index in [2.05, 4.69) is 23.1 Å². The highest BCUT2D eigenvalue weighted by Gasteiger charge is 2.36. The monoisotopic (exact) mass is 307 g/mol. The van der Waals surface area contributed by atoms with E-state index in [4.69, 9.17) is 24.5 Å². The van der Waals surface area contributed by atoms with Gasteiger partial charge in [0.05, 0.1) is 7.11 Å². The average Bonchev–Trinajstić information content (AvgIpc) is 2.82. The van der Waals surface area contributed by atoms with Crippen molar-refractivity contribution in [1.29, 1.82) is 0 Å². The molecule has 120 valence electrons. The van der Waals surface area contributed by atoms with Gasteiger partial charge in [0, 0.05) is 19.0 Å². The molecule has 0 radical (unpaired) electrons. The SMILES string of the molecule is COc1cccc(C2CN3CCCC2C3)c1.O=C(O)C(=O)O. The van der Waals surface area contributed by atoms with Crippen molar-refractivity contribution in [2.45, 2.75) is 18.8 Å². The molecule has 2 heterocycles. The summed E-state index contributed by atoms with van der Waals surface area (Å²) >= 11 is 0. The van der Waals surface area contributed by atoms with Gasteiger partial charge in [0.2, 0.25) is 0 Å². The highest BCUT2D eigenvalue weighted by atomic mass is 16.5. The van der Waals surface area contributed by atoms with Crippen LogP contribution < -0.4 is 4.74 Å². The third-order valence-corrected chi connectivity index (χ3v) is 4.27. The van der Waals surface area contributed by atoms with Crippen LogP contribution in [0, 0.1) is 5.92 Å². The van der Waals surface area contributed by atoms with Crippen LogP contribution in [-0.4, -0.2) is 53.8 Å². The van der Waals surface area contributed by atoms with Crippen LogP contribution in [0.2, 0.25) is 0 Å². The fourth-order valence-corrected chi connectivity index (χ4v) is 3.26. The maximum atomic E-state index is 9.10. The molecule has 3 rings (SSSR count). The molecule has 6 heteroatoms. The zero-order chi connectivity index (χ0) is 16.1. The van der Waals surface area contributed by atoms with Crippen molar-refractivity contribution in [3.63, 3.8) is 0 Å². The van der Waals surface area contributed by atoms with Gasteiger partial charge >= 0.3 is 11.9 Å². The van der Waals surface area contributed by atoms with E-state index in [9.17, 15) is 0 Å². The first kappa shape index (κ1) is 16.3. The summed E-state index contributed by atoms with van der Waals surface area (Å²) in [4.78, 5) is 20.8. The van der Waals surface area contributed by atoms with Crippen molar-refractivity contribution in [3.05, 3.63) is 29.8 Å². The predicted molar refractivity (Wildman–Crippen MR) is 80.2 cm³/mol. The van der Waals surface area contributed by atoms with E-state index in [1.54, 1.807) is 7.11 Å². The lowest BCUT2D eigenvalue weighted by Crippen LogP contribution is -2.25. The molecule has 2 bridgehead atoms. The summed E-state index contributed by atoms with van der Waals surface area (Å²) in [5, 5.41) is 14.8. The number of piperidine rings is 1. The number of ether oxygens (including phenoxy) is 1. The molecule has 0 spiro atoms. The molecule has 2 aliphatic heterocycles. The molecule has 3 atom stereocenters. The number of carboxylic acid groups (broad SMARTS) is 2. The Morgan fingerprint density at radius 2 is 1.95 bits per heavy atom. The topological polar surface area (TPSA) is 87.1 Å². The molecule has 2 N–H and O–H groups in total. The van der Waals surface area contributed by atoms with Gasteiger partial charge in [0.1, 0.15) is 5.75 Å². The maximum Gasteiger partial charge on any atom is 0.414 e. The minimum atomic E-state index is -1.82. The van der Waals surface area contributed by atoms with Crippen LogP contribution in [0.5, 0.6) is 5.75 Å². The van der Waals surface area contributed by atoms with Crippen LogP contribution in [-0.2, 0) is 9.59 Å². The first-order chi connectivity index (χ1) is 10.5. The summed E-state index contributed by atoms with van der Waals surface area (Å²) in [6.07, 6.45) is 2.78. The van der Waals surface area contributed by atoms with Gasteiger partial charge in [0.15, 0.2) is 0 Å². The van der Waals surface area contributed by atoms with E-state index in [1.807, 2.05) is 6.07 Å². The molecule has 22 heavy (non-hydrogen) atoms. The first-order valence-corrected chi connectivity index (χ1v) is 7.33. The summed E-state index contributed by atoms with van der Waals surface area (Å²) in [5.74, 6) is -1.04. The molecule has 0 amide bonds. The number of aliphatic carboxylic acids is 2. The normalized spacial score (nSPS) is 25.8. The van der Waals surface area contributed by atoms with Crippen molar-refractivity contribution in [3.8, 4) is 5.75 Å². The zero-order valence-electron chi connectivity index (χ0n) is 12.6. The molecule has 0 aliphatic carbocycles. The van der Waals surface area contributed by atoms with Gasteiger partial charge in [-0.05, 0) is 43.0 Å². The van der Waals surface area contributed by atoms with Gasteiger partial charge in [-0.1, -0.05) is 12.1 Å². The van der Waals surface area contributed by atoms with Crippen LogP contribution in [0.4, 0.5) is 0 Å². The highest BCUT2D eigenvalue weighted by molar-refractivity contribution is 6.27. The van der Waals surface area contributed by atoms with E-state index in [0.29, 0.717) is 0 Å². The Kier molecular flexibility index (Phi) is 5.38. The Morgan fingerprint density at radius 3 is 2.55 bits per heavy atom. The summed E-state index contributed by atoms with van der Waals surface area (Å²) in [5.41, 5.74) is 1.47. The van der Waals surface area contributed by atoms with E-state index in [1.165, 1.54) is 38.0 Å². The molecule has 1 aromatic rings. The number of fused-ring (bicyclic) bond motifs is 2. The number of carbonyl (C=O) groups is 2. The number of nitrogens with zero attached hydrogens (tertiary/aromatic N) is 1. The quantitative estimate of drug-likeness (QED) is 0.808. The molecule has 2 fully saturated rings. The van der Waals surface area contributed by atoms with Crippen molar-refractivity contribution >= 4 is 11.9 Å². The second-order valence-electron chi connectivity index (χ2n) is 5.66. The molecule has 3 unspecified atom stereocenters. The molecular formula is C16H21NO5. The molecule has 2 aliphatic rings. The number of benzene rings is 1. The molecule has 1 aromatic carbocycles. The van der Waals surface area contributed by atoms with Crippen molar-refractivity contribution in [2.75, 3.05) is 26.7 Å². The van der Waals surface area contributed by atoms with Gasteiger partial charge in [-0.3, -0.25) is 0 Å². The minimum Gasteiger partial charge on any atom is -0.497 e. The summed E-state index contributed by atoms with van der Waals surface area (Å²) in [6.45, 7) is 3.86. The Hall–Kier alpha value is -2.08. The summed E-state index contributed by atoms with van der Waals surface area (Å²) in [7, 11) is 1.75. The second-order valence-corrected chi connectivity index (χ2v) is 5.66. The lowest BCUT2D eigenvalue weighted by atomic mass is 9.86. The van der Waals surface area contributed by atoms with Gasteiger partial charge in [-0.2, -0.15) is 0 Å². The first-order valence-electron chi connectivity index (χ1n) is 7.33. The van der Waals surface area contributed by atoms with Crippen molar-refractivity contribution < 1.29 is 24.5 Å². The Morgan fingerprint density at radius 1 is 1.23 bits per heavy atom. The fraction of sp³-hybridized carbons (Fsp3) is 0.500. The van der Waals surface area contributed by atoms with Gasteiger partial charge in [-0.15, -0.1) is 0 Å². The van der Waals surface area contributed by atoms with Crippen LogP contribution in [0.25, 0.3) is 0 Å².